The summed E-state index contributed by atoms with van der Waals surface area (Å²) in [5.74, 6) is 1.60. The second kappa shape index (κ2) is 14.2. The van der Waals surface area contributed by atoms with Crippen LogP contribution in [0.2, 0.25) is 0 Å². The van der Waals surface area contributed by atoms with Crippen LogP contribution in [0.25, 0.3) is 0 Å². The topological polar surface area (TPSA) is 84.9 Å². The number of carbonyl (C=O) groups is 1. The maximum atomic E-state index is 10.3. The zero-order valence-corrected chi connectivity index (χ0v) is 16.2. The molecule has 1 saturated carbocycles. The summed E-state index contributed by atoms with van der Waals surface area (Å²) in [7, 11) is 0. The SMILES string of the molecule is C1=CCCC=C1.C=CC#N.N#CC1CC2C=CC1CC2.O=C1C=CC(O)C=C1. The van der Waals surface area contributed by atoms with Crippen LogP contribution in [0, 0.1) is 40.4 Å². The molecular weight excluding hydrogens is 348 g/mol. The van der Waals surface area contributed by atoms with Gasteiger partial charge < -0.3 is 5.11 Å². The molecule has 0 aromatic carbocycles. The molecule has 5 aliphatic carbocycles. The van der Waals surface area contributed by atoms with Crippen LogP contribution in [0.5, 0.6) is 0 Å². The molecule has 0 aromatic rings. The molecule has 5 rings (SSSR count). The van der Waals surface area contributed by atoms with Crippen molar-refractivity contribution < 1.29 is 9.90 Å². The Morgan fingerprint density at radius 3 is 1.89 bits per heavy atom. The molecule has 4 heteroatoms. The highest BCUT2D eigenvalue weighted by Gasteiger charge is 2.31. The van der Waals surface area contributed by atoms with Crippen molar-refractivity contribution in [2.45, 2.75) is 38.2 Å². The Morgan fingerprint density at radius 1 is 1.04 bits per heavy atom. The third kappa shape index (κ3) is 9.67. The van der Waals surface area contributed by atoms with E-state index in [0.717, 1.165) is 12.3 Å². The Hall–Kier alpha value is -2.95. The molecule has 0 saturated heterocycles. The number of aliphatic hydroxyl groups is 1. The Labute approximate surface area is 168 Å². The maximum Gasteiger partial charge on any atom is 0.178 e. The molecule has 0 radical (unpaired) electrons. The van der Waals surface area contributed by atoms with E-state index in [1.165, 1.54) is 56.1 Å². The lowest BCUT2D eigenvalue weighted by atomic mass is 9.70. The van der Waals surface area contributed by atoms with Crippen molar-refractivity contribution in [3.63, 3.8) is 0 Å². The van der Waals surface area contributed by atoms with Gasteiger partial charge in [0.15, 0.2) is 5.78 Å². The molecule has 0 aliphatic heterocycles. The van der Waals surface area contributed by atoms with E-state index in [1.54, 1.807) is 6.07 Å². The van der Waals surface area contributed by atoms with E-state index in [9.17, 15) is 4.79 Å². The number of allylic oxidation sites excluding steroid dienone is 9. The summed E-state index contributed by atoms with van der Waals surface area (Å²) in [6.45, 7) is 3.12. The van der Waals surface area contributed by atoms with Crippen LogP contribution in [-0.2, 0) is 4.79 Å². The third-order valence-corrected chi connectivity index (χ3v) is 4.63. The Balaban J connectivity index is 0.000000197. The minimum atomic E-state index is -0.562. The van der Waals surface area contributed by atoms with Gasteiger partial charge in [0.1, 0.15) is 0 Å². The first-order valence-electron chi connectivity index (χ1n) is 9.59. The number of aliphatic hydroxyl groups excluding tert-OH is 1. The van der Waals surface area contributed by atoms with Crippen LogP contribution in [0.4, 0.5) is 0 Å². The maximum absolute atomic E-state index is 10.3. The highest BCUT2D eigenvalue weighted by Crippen LogP contribution is 2.39. The Bertz CT molecular complexity index is 701. The largest absolute Gasteiger partial charge is 0.385 e. The van der Waals surface area contributed by atoms with Gasteiger partial charge in [-0.25, -0.2) is 0 Å². The number of hydrogen-bond acceptors (Lipinski definition) is 4. The fourth-order valence-electron chi connectivity index (χ4n) is 3.13. The first-order chi connectivity index (χ1) is 13.6. The monoisotopic (exact) mass is 376 g/mol. The van der Waals surface area contributed by atoms with Crippen molar-refractivity contribution in [3.8, 4) is 12.1 Å². The molecule has 3 unspecified atom stereocenters. The summed E-state index contributed by atoms with van der Waals surface area (Å²) in [4.78, 5) is 10.3. The van der Waals surface area contributed by atoms with Crippen LogP contribution < -0.4 is 0 Å². The molecule has 5 aliphatic rings. The normalized spacial score (nSPS) is 25.7. The summed E-state index contributed by atoms with van der Waals surface area (Å²) in [5.41, 5.74) is 0. The van der Waals surface area contributed by atoms with Crippen LogP contribution in [0.3, 0.4) is 0 Å². The Morgan fingerprint density at radius 2 is 1.64 bits per heavy atom. The molecule has 1 fully saturated rings. The summed E-state index contributed by atoms with van der Waals surface area (Å²) in [6, 6.07) is 4.08. The Kier molecular flexibility index (Phi) is 11.7. The highest BCUT2D eigenvalue weighted by atomic mass is 16.3. The van der Waals surface area contributed by atoms with Crippen molar-refractivity contribution in [1.29, 1.82) is 10.5 Å². The van der Waals surface area contributed by atoms with E-state index < -0.39 is 6.10 Å². The lowest BCUT2D eigenvalue weighted by Crippen LogP contribution is -2.25. The average Bonchev–Trinajstić information content (AvgIpc) is 2.78. The molecule has 0 aromatic heterocycles. The van der Waals surface area contributed by atoms with Crippen LogP contribution in [0.1, 0.15) is 32.1 Å². The van der Waals surface area contributed by atoms with Gasteiger partial charge in [0.2, 0.25) is 0 Å². The van der Waals surface area contributed by atoms with Crippen molar-refractivity contribution in [2.75, 3.05) is 0 Å². The van der Waals surface area contributed by atoms with Gasteiger partial charge in [0, 0.05) is 6.08 Å². The van der Waals surface area contributed by atoms with E-state index in [1.807, 2.05) is 0 Å². The quantitative estimate of drug-likeness (QED) is 0.489. The van der Waals surface area contributed by atoms with Gasteiger partial charge in [0.05, 0.1) is 24.2 Å². The van der Waals surface area contributed by atoms with E-state index in [2.05, 4.69) is 49.1 Å². The zero-order valence-electron chi connectivity index (χ0n) is 16.2. The van der Waals surface area contributed by atoms with Crippen molar-refractivity contribution in [3.05, 3.63) is 73.4 Å². The summed E-state index contributed by atoms with van der Waals surface area (Å²) in [6.07, 6.45) is 25.4. The van der Waals surface area contributed by atoms with Crippen LogP contribution in [-0.4, -0.2) is 17.0 Å². The molecule has 146 valence electrons. The van der Waals surface area contributed by atoms with Gasteiger partial charge in [-0.3, -0.25) is 4.79 Å². The molecule has 28 heavy (non-hydrogen) atoms. The smallest absolute Gasteiger partial charge is 0.178 e. The third-order valence-electron chi connectivity index (χ3n) is 4.63. The summed E-state index contributed by atoms with van der Waals surface area (Å²) >= 11 is 0. The number of hydrogen-bond donors (Lipinski definition) is 1. The van der Waals surface area contributed by atoms with Gasteiger partial charge in [-0.05, 0) is 68.2 Å². The predicted octanol–water partition coefficient (Wildman–Crippen LogP) is 4.74. The first kappa shape index (κ1) is 23.1. The molecular formula is C24H28N2O2. The number of nitriles is 2. The first-order valence-corrected chi connectivity index (χ1v) is 9.59. The zero-order chi connectivity index (χ0) is 20.6. The number of fused-ring (bicyclic) bond motifs is 2. The lowest BCUT2D eigenvalue weighted by molar-refractivity contribution is -0.110. The van der Waals surface area contributed by atoms with E-state index in [0.29, 0.717) is 11.8 Å². The van der Waals surface area contributed by atoms with Gasteiger partial charge in [-0.1, -0.05) is 43.0 Å². The standard InChI is InChI=1S/C9H11N.C6H6O2.C6H8.C3H3N/c10-6-9-5-7-1-3-8(9)4-2-7;7-5-1-2-6(8)4-3-5;1-2-4-6-5-3-1;1-2-3-4/h1,3,7-9H,2,4-5H2;1-5,7H;1-4H,5-6H2;2H,1H2. The number of ketones is 1. The molecule has 2 bridgehead atoms. The minimum absolute atomic E-state index is 0.0599. The van der Waals surface area contributed by atoms with Crippen molar-refractivity contribution >= 4 is 5.78 Å². The molecule has 1 N–H and O–H groups in total. The van der Waals surface area contributed by atoms with Crippen LogP contribution in [0.15, 0.2) is 73.4 Å². The van der Waals surface area contributed by atoms with Crippen LogP contribution >= 0.6 is 0 Å². The van der Waals surface area contributed by atoms with Gasteiger partial charge in [0.25, 0.3) is 0 Å². The number of carbonyl (C=O) groups excluding carboxylic acids is 1. The molecule has 4 nitrogen and oxygen atoms in total. The molecule has 0 amide bonds. The van der Waals surface area contributed by atoms with Gasteiger partial charge >= 0.3 is 0 Å². The summed E-state index contributed by atoms with van der Waals surface area (Å²) in [5, 5.41) is 24.9. The van der Waals surface area contributed by atoms with Crippen molar-refractivity contribution in [2.24, 2.45) is 17.8 Å². The molecule has 0 spiro atoms. The number of nitrogens with zero attached hydrogens (tertiary/aromatic N) is 2. The summed E-state index contributed by atoms with van der Waals surface area (Å²) < 4.78 is 0. The van der Waals surface area contributed by atoms with E-state index >= 15 is 0 Å². The number of rotatable bonds is 0. The fourth-order valence-corrected chi connectivity index (χ4v) is 3.13. The van der Waals surface area contributed by atoms with Gasteiger partial charge in [-0.2, -0.15) is 10.5 Å². The second-order valence-electron chi connectivity index (χ2n) is 6.74. The fraction of sp³-hybridized carbons (Fsp3) is 0.375. The van der Waals surface area contributed by atoms with E-state index in [-0.39, 0.29) is 5.78 Å². The molecule has 0 heterocycles. The molecule has 3 atom stereocenters. The van der Waals surface area contributed by atoms with Crippen molar-refractivity contribution in [1.82, 2.24) is 0 Å². The second-order valence-corrected chi connectivity index (χ2v) is 6.74. The highest BCUT2D eigenvalue weighted by molar-refractivity contribution is 6.00. The van der Waals surface area contributed by atoms with Gasteiger partial charge in [-0.15, -0.1) is 0 Å². The minimum Gasteiger partial charge on any atom is -0.385 e. The van der Waals surface area contributed by atoms with E-state index in [4.69, 9.17) is 15.6 Å². The predicted molar refractivity (Wildman–Crippen MR) is 112 cm³/mol. The lowest BCUT2D eigenvalue weighted by Gasteiger charge is -2.33. The average molecular weight is 377 g/mol.